The fourth-order valence-corrected chi connectivity index (χ4v) is 7.66. The Kier molecular flexibility index (Phi) is 8.91. The normalized spacial score (nSPS) is 19.5. The maximum absolute atomic E-state index is 15.4. The third-order valence-corrected chi connectivity index (χ3v) is 10.2. The summed E-state index contributed by atoms with van der Waals surface area (Å²) in [6.07, 6.45) is 0.412. The molecule has 262 valence electrons. The van der Waals surface area contributed by atoms with Gasteiger partial charge in [-0.05, 0) is 74.4 Å². The fraction of sp³-hybridized carbons (Fsp3) is 0.417. The molecule has 0 radical (unpaired) electrons. The summed E-state index contributed by atoms with van der Waals surface area (Å²) in [5, 5.41) is 4.84. The number of rotatable bonds is 7. The van der Waals surface area contributed by atoms with Crippen LogP contribution in [0.3, 0.4) is 0 Å². The molecule has 3 amide bonds. The molecule has 10 nitrogen and oxygen atoms in total. The molecular formula is C36H37F3N6O4S. The summed E-state index contributed by atoms with van der Waals surface area (Å²) >= 11 is 1.23. The van der Waals surface area contributed by atoms with Crippen LogP contribution < -0.4 is 5.32 Å². The first-order valence-corrected chi connectivity index (χ1v) is 17.5. The van der Waals surface area contributed by atoms with Gasteiger partial charge in [-0.2, -0.15) is 0 Å². The Balaban J connectivity index is 1.15. The lowest BCUT2D eigenvalue weighted by molar-refractivity contribution is -0.121. The molecule has 2 aromatic heterocycles. The molecule has 50 heavy (non-hydrogen) atoms. The number of ether oxygens (including phenoxy) is 1. The highest BCUT2D eigenvalue weighted by Crippen LogP contribution is 2.41. The summed E-state index contributed by atoms with van der Waals surface area (Å²) in [6, 6.07) is 8.80. The second-order valence-corrected chi connectivity index (χ2v) is 14.8. The van der Waals surface area contributed by atoms with Gasteiger partial charge in [0.15, 0.2) is 11.2 Å². The van der Waals surface area contributed by atoms with E-state index in [0.717, 1.165) is 24.2 Å². The molecule has 7 rings (SSSR count). The number of carbonyl (C=O) groups excluding carboxylic acids is 3. The van der Waals surface area contributed by atoms with Crippen LogP contribution in [0.2, 0.25) is 0 Å². The lowest BCUT2D eigenvalue weighted by atomic mass is 9.87. The van der Waals surface area contributed by atoms with Gasteiger partial charge in [0, 0.05) is 53.9 Å². The zero-order valence-electron chi connectivity index (χ0n) is 27.9. The number of aromatic nitrogens is 3. The van der Waals surface area contributed by atoms with Crippen molar-refractivity contribution in [1.29, 1.82) is 0 Å². The number of amides is 3. The van der Waals surface area contributed by atoms with Crippen molar-refractivity contribution >= 4 is 34.4 Å². The van der Waals surface area contributed by atoms with Crippen molar-refractivity contribution in [2.75, 3.05) is 18.4 Å². The third-order valence-electron chi connectivity index (χ3n) is 9.48. The number of imidazole rings is 1. The monoisotopic (exact) mass is 706 g/mol. The zero-order chi connectivity index (χ0) is 35.3. The molecule has 0 bridgehead atoms. The van der Waals surface area contributed by atoms with Gasteiger partial charge in [0.25, 0.3) is 18.2 Å². The largest absolute Gasteiger partial charge is 0.444 e. The van der Waals surface area contributed by atoms with Crippen LogP contribution in [0, 0.1) is 0 Å². The van der Waals surface area contributed by atoms with Crippen molar-refractivity contribution in [3.8, 4) is 11.1 Å². The maximum Gasteiger partial charge on any atom is 0.410 e. The number of piperidine rings is 1. The summed E-state index contributed by atoms with van der Waals surface area (Å²) < 4.78 is 52.0. The van der Waals surface area contributed by atoms with E-state index in [2.05, 4.69) is 15.3 Å². The Bertz CT molecular complexity index is 1920. The second kappa shape index (κ2) is 13.2. The van der Waals surface area contributed by atoms with Crippen LogP contribution in [-0.2, 0) is 29.0 Å². The first-order valence-electron chi connectivity index (χ1n) is 16.6. The Morgan fingerprint density at radius 1 is 1.08 bits per heavy atom. The van der Waals surface area contributed by atoms with Gasteiger partial charge in [0.1, 0.15) is 11.8 Å². The van der Waals surface area contributed by atoms with Crippen LogP contribution in [0.1, 0.15) is 90.4 Å². The number of hydrogen-bond donors (Lipinski definition) is 1. The van der Waals surface area contributed by atoms with Gasteiger partial charge < -0.3 is 19.1 Å². The van der Waals surface area contributed by atoms with Crippen LogP contribution in [-0.4, -0.2) is 67.1 Å². The highest BCUT2D eigenvalue weighted by molar-refractivity contribution is 7.13. The molecule has 2 aromatic carbocycles. The Labute approximate surface area is 291 Å². The average molecular weight is 707 g/mol. The number of nitrogens with one attached hydrogen (secondary N) is 1. The standard InChI is InChI=1S/C36H37F3N6O4S/c1-36(2,3)49-35(48)43-13-10-23(27(37)18-43)21-8-6-20(7-9-21)22-15-24(31(38)39)26-17-45(33(47)25(26)16-22)30(32(46)42-34-40-11-14-50-34)29-28-5-4-12-44(28)19-41-29/h6-9,11,14-16,19,23,27,30-31H,4-5,10,12-13,17-18H2,1-3H3,(H,40,42,46)/t23-,27+,30?/m0/s1. The lowest BCUT2D eigenvalue weighted by Crippen LogP contribution is -2.46. The van der Waals surface area contributed by atoms with Gasteiger partial charge >= 0.3 is 6.09 Å². The smallest absolute Gasteiger partial charge is 0.410 e. The molecule has 3 aliphatic heterocycles. The van der Waals surface area contributed by atoms with Crippen molar-refractivity contribution in [2.45, 2.75) is 83.3 Å². The summed E-state index contributed by atoms with van der Waals surface area (Å²) in [7, 11) is 0. The highest BCUT2D eigenvalue weighted by atomic mass is 32.1. The van der Waals surface area contributed by atoms with Crippen molar-refractivity contribution in [3.63, 3.8) is 0 Å². The van der Waals surface area contributed by atoms with Crippen molar-refractivity contribution in [3.05, 3.63) is 87.9 Å². The molecule has 3 atom stereocenters. The number of likely N-dealkylation sites (tertiary alicyclic amines) is 1. The summed E-state index contributed by atoms with van der Waals surface area (Å²) in [5.74, 6) is -1.52. The first kappa shape index (κ1) is 33.8. The molecule has 1 unspecified atom stereocenters. The predicted molar refractivity (Wildman–Crippen MR) is 181 cm³/mol. The number of nitrogens with zero attached hydrogens (tertiary/aromatic N) is 5. The number of aryl methyl sites for hydroxylation is 1. The van der Waals surface area contributed by atoms with E-state index >= 15 is 4.39 Å². The van der Waals surface area contributed by atoms with Crippen molar-refractivity contribution in [1.82, 2.24) is 24.3 Å². The number of benzene rings is 2. The average Bonchev–Trinajstić information content (AvgIpc) is 3.88. The van der Waals surface area contributed by atoms with Gasteiger partial charge in [-0.25, -0.2) is 27.9 Å². The molecule has 0 spiro atoms. The topological polar surface area (TPSA) is 110 Å². The minimum atomic E-state index is -2.88. The minimum absolute atomic E-state index is 0.0902. The lowest BCUT2D eigenvalue weighted by Gasteiger charge is -2.35. The Morgan fingerprint density at radius 2 is 1.86 bits per heavy atom. The maximum atomic E-state index is 15.4. The molecule has 1 fully saturated rings. The van der Waals surface area contributed by atoms with Crippen LogP contribution in [0.15, 0.2) is 54.3 Å². The first-order chi connectivity index (χ1) is 23.9. The van der Waals surface area contributed by atoms with E-state index < -0.39 is 48.1 Å². The van der Waals surface area contributed by atoms with E-state index in [4.69, 9.17) is 4.74 Å². The van der Waals surface area contributed by atoms with Gasteiger partial charge in [0.2, 0.25) is 0 Å². The number of halogens is 3. The molecule has 0 aliphatic carbocycles. The van der Waals surface area contributed by atoms with Crippen LogP contribution in [0.25, 0.3) is 11.1 Å². The van der Waals surface area contributed by atoms with E-state index in [1.807, 2.05) is 4.57 Å². The van der Waals surface area contributed by atoms with E-state index in [0.29, 0.717) is 41.3 Å². The fourth-order valence-electron chi connectivity index (χ4n) is 7.13. The van der Waals surface area contributed by atoms with Gasteiger partial charge in [0.05, 0.1) is 18.6 Å². The third kappa shape index (κ3) is 6.48. The quantitative estimate of drug-likeness (QED) is 0.216. The highest BCUT2D eigenvalue weighted by Gasteiger charge is 2.43. The van der Waals surface area contributed by atoms with Crippen molar-refractivity contribution in [2.24, 2.45) is 0 Å². The van der Waals surface area contributed by atoms with Crippen molar-refractivity contribution < 1.29 is 32.3 Å². The molecule has 1 saturated heterocycles. The SMILES string of the molecule is CC(C)(C)OC(=O)N1CC[C@@H](c2ccc(-c3cc4c(c(C(F)F)c3)CN(C(C(=O)Nc3nccs3)c3ncn5c3CCC5)C4=O)cc2)[C@H](F)C1. The minimum Gasteiger partial charge on any atom is -0.444 e. The summed E-state index contributed by atoms with van der Waals surface area (Å²) in [6.45, 7) is 6.09. The molecule has 5 heterocycles. The van der Waals surface area contributed by atoms with E-state index in [1.54, 1.807) is 69.0 Å². The number of anilines is 1. The number of alkyl halides is 3. The van der Waals surface area contributed by atoms with E-state index in [-0.39, 0.29) is 29.8 Å². The molecule has 0 saturated carbocycles. The number of fused-ring (bicyclic) bond motifs is 2. The summed E-state index contributed by atoms with van der Waals surface area (Å²) in [4.78, 5) is 51.8. The van der Waals surface area contributed by atoms with Gasteiger partial charge in [-0.1, -0.05) is 24.3 Å². The van der Waals surface area contributed by atoms with Gasteiger partial charge in [-0.3, -0.25) is 14.9 Å². The predicted octanol–water partition coefficient (Wildman–Crippen LogP) is 7.29. The van der Waals surface area contributed by atoms with Crippen LogP contribution in [0.4, 0.5) is 23.1 Å². The number of hydrogen-bond acceptors (Lipinski definition) is 7. The Hall–Kier alpha value is -4.72. The number of thiazole rings is 1. The molecular weight excluding hydrogens is 669 g/mol. The van der Waals surface area contributed by atoms with E-state index in [9.17, 15) is 23.2 Å². The molecule has 3 aliphatic rings. The van der Waals surface area contributed by atoms with Crippen LogP contribution >= 0.6 is 11.3 Å². The van der Waals surface area contributed by atoms with Gasteiger partial charge in [-0.15, -0.1) is 11.3 Å². The second-order valence-electron chi connectivity index (χ2n) is 13.9. The molecule has 14 heteroatoms. The van der Waals surface area contributed by atoms with E-state index in [1.165, 1.54) is 27.2 Å². The Morgan fingerprint density at radius 3 is 2.54 bits per heavy atom. The molecule has 1 N–H and O–H groups in total. The number of carbonyl (C=O) groups is 3. The summed E-state index contributed by atoms with van der Waals surface area (Å²) in [5.41, 5.74) is 2.28. The zero-order valence-corrected chi connectivity index (χ0v) is 28.7. The molecule has 4 aromatic rings. The van der Waals surface area contributed by atoms with Crippen LogP contribution in [0.5, 0.6) is 0 Å².